The third-order valence-corrected chi connectivity index (χ3v) is 3.87. The molecule has 0 aliphatic rings. The lowest BCUT2D eigenvalue weighted by Crippen LogP contribution is -2.12. The van der Waals surface area contributed by atoms with Gasteiger partial charge in [-0.25, -0.2) is 4.79 Å². The Morgan fingerprint density at radius 2 is 1.91 bits per heavy atom. The summed E-state index contributed by atoms with van der Waals surface area (Å²) in [5.74, 6) is -0.317. The van der Waals surface area contributed by atoms with Crippen molar-refractivity contribution < 1.29 is 9.21 Å². The molecule has 22 heavy (non-hydrogen) atoms. The Labute approximate surface area is 138 Å². The molecule has 0 fully saturated rings. The standard InChI is InChI=1S/C16H9BrClNO3/c17-10-2-4-13(18)12(8-10)16(21)19-11-3-5-14-9(7-11)1-6-15(20)22-14/h1-8H,(H,19,21). The zero-order chi connectivity index (χ0) is 15.7. The number of benzene rings is 2. The van der Waals surface area contributed by atoms with E-state index < -0.39 is 5.63 Å². The van der Waals surface area contributed by atoms with E-state index in [1.165, 1.54) is 6.07 Å². The molecule has 0 aliphatic carbocycles. The Morgan fingerprint density at radius 3 is 2.73 bits per heavy atom. The van der Waals surface area contributed by atoms with Crippen molar-refractivity contribution in [2.45, 2.75) is 0 Å². The Bertz CT molecular complexity index is 936. The van der Waals surface area contributed by atoms with Crippen LogP contribution in [0.15, 0.2) is 62.2 Å². The van der Waals surface area contributed by atoms with E-state index in [-0.39, 0.29) is 5.91 Å². The van der Waals surface area contributed by atoms with Gasteiger partial charge in [0.05, 0.1) is 10.6 Å². The molecule has 0 unspecified atom stereocenters. The van der Waals surface area contributed by atoms with Crippen molar-refractivity contribution in [3.05, 3.63) is 74.0 Å². The van der Waals surface area contributed by atoms with E-state index in [1.807, 2.05) is 0 Å². The Morgan fingerprint density at radius 1 is 1.09 bits per heavy atom. The monoisotopic (exact) mass is 377 g/mol. The summed E-state index contributed by atoms with van der Waals surface area (Å²) >= 11 is 9.35. The molecular formula is C16H9BrClNO3. The number of rotatable bonds is 2. The first kappa shape index (κ1) is 14.8. The van der Waals surface area contributed by atoms with Crippen molar-refractivity contribution >= 4 is 50.1 Å². The molecule has 3 aromatic rings. The molecule has 4 nitrogen and oxygen atoms in total. The molecule has 0 saturated heterocycles. The van der Waals surface area contributed by atoms with E-state index >= 15 is 0 Å². The largest absolute Gasteiger partial charge is 0.423 e. The van der Waals surface area contributed by atoms with Crippen LogP contribution in [0.4, 0.5) is 5.69 Å². The van der Waals surface area contributed by atoms with Crippen LogP contribution in [-0.2, 0) is 0 Å². The van der Waals surface area contributed by atoms with E-state index in [2.05, 4.69) is 21.2 Å². The fourth-order valence-corrected chi connectivity index (χ4v) is 2.58. The fourth-order valence-electron chi connectivity index (χ4n) is 2.02. The molecule has 0 radical (unpaired) electrons. The summed E-state index contributed by atoms with van der Waals surface area (Å²) in [6, 6.07) is 13.1. The van der Waals surface area contributed by atoms with Crippen LogP contribution in [0.3, 0.4) is 0 Å². The summed E-state index contributed by atoms with van der Waals surface area (Å²) < 4.78 is 5.81. The van der Waals surface area contributed by atoms with E-state index in [0.29, 0.717) is 21.9 Å². The van der Waals surface area contributed by atoms with Gasteiger partial charge in [-0.1, -0.05) is 27.5 Å². The van der Waals surface area contributed by atoms with Gasteiger partial charge in [0.15, 0.2) is 0 Å². The van der Waals surface area contributed by atoms with Gasteiger partial charge in [0.1, 0.15) is 5.58 Å². The van der Waals surface area contributed by atoms with Crippen LogP contribution < -0.4 is 10.9 Å². The van der Waals surface area contributed by atoms with E-state index in [9.17, 15) is 9.59 Å². The third-order valence-electron chi connectivity index (χ3n) is 3.05. The number of anilines is 1. The van der Waals surface area contributed by atoms with Gasteiger partial charge in [-0.15, -0.1) is 0 Å². The Hall–Kier alpha value is -2.11. The number of fused-ring (bicyclic) bond motifs is 1. The average Bonchev–Trinajstić information content (AvgIpc) is 2.49. The van der Waals surface area contributed by atoms with Crippen molar-refractivity contribution in [2.75, 3.05) is 5.32 Å². The van der Waals surface area contributed by atoms with Crippen LogP contribution in [0, 0.1) is 0 Å². The maximum atomic E-state index is 12.3. The molecule has 0 bridgehead atoms. The second-order valence-electron chi connectivity index (χ2n) is 4.59. The summed E-state index contributed by atoms with van der Waals surface area (Å²) in [6.45, 7) is 0. The van der Waals surface area contributed by atoms with Gasteiger partial charge in [0, 0.05) is 21.6 Å². The SMILES string of the molecule is O=C(Nc1ccc2oc(=O)ccc2c1)c1cc(Br)ccc1Cl. The Balaban J connectivity index is 1.92. The molecular weight excluding hydrogens is 370 g/mol. The van der Waals surface area contributed by atoms with Crippen molar-refractivity contribution in [3.8, 4) is 0 Å². The topological polar surface area (TPSA) is 59.3 Å². The zero-order valence-corrected chi connectivity index (χ0v) is 13.4. The first-order chi connectivity index (χ1) is 10.5. The average molecular weight is 379 g/mol. The maximum absolute atomic E-state index is 12.3. The molecule has 0 aliphatic heterocycles. The van der Waals surface area contributed by atoms with Gasteiger partial charge in [0.25, 0.3) is 5.91 Å². The highest BCUT2D eigenvalue weighted by Crippen LogP contribution is 2.23. The predicted octanol–water partition coefficient (Wildman–Crippen LogP) is 4.46. The number of hydrogen-bond donors (Lipinski definition) is 1. The summed E-state index contributed by atoms with van der Waals surface area (Å²) in [5, 5.41) is 3.86. The number of halogens is 2. The first-order valence-corrected chi connectivity index (χ1v) is 7.50. The quantitative estimate of drug-likeness (QED) is 0.670. The summed E-state index contributed by atoms with van der Waals surface area (Å²) in [7, 11) is 0. The van der Waals surface area contributed by atoms with Crippen LogP contribution >= 0.6 is 27.5 Å². The maximum Gasteiger partial charge on any atom is 0.336 e. The fraction of sp³-hybridized carbons (Fsp3) is 0. The highest BCUT2D eigenvalue weighted by molar-refractivity contribution is 9.10. The van der Waals surface area contributed by atoms with Gasteiger partial charge in [-0.2, -0.15) is 0 Å². The molecule has 3 rings (SSSR count). The summed E-state index contributed by atoms with van der Waals surface area (Å²) in [5.41, 5.74) is 1.01. The van der Waals surface area contributed by atoms with Crippen LogP contribution in [0.2, 0.25) is 5.02 Å². The first-order valence-electron chi connectivity index (χ1n) is 6.33. The molecule has 1 N–H and O–H groups in total. The van der Waals surface area contributed by atoms with E-state index in [4.69, 9.17) is 16.0 Å². The number of carbonyl (C=O) groups is 1. The lowest BCUT2D eigenvalue weighted by Gasteiger charge is -2.08. The highest BCUT2D eigenvalue weighted by Gasteiger charge is 2.11. The lowest BCUT2D eigenvalue weighted by molar-refractivity contribution is 0.102. The van der Waals surface area contributed by atoms with Gasteiger partial charge in [-0.05, 0) is 42.5 Å². The number of carbonyl (C=O) groups excluding carboxylic acids is 1. The second kappa shape index (κ2) is 5.94. The minimum absolute atomic E-state index is 0.317. The summed E-state index contributed by atoms with van der Waals surface area (Å²) in [6.07, 6.45) is 0. The smallest absolute Gasteiger partial charge is 0.336 e. The van der Waals surface area contributed by atoms with Crippen LogP contribution in [-0.4, -0.2) is 5.91 Å². The molecule has 110 valence electrons. The molecule has 6 heteroatoms. The normalized spacial score (nSPS) is 10.6. The molecule has 2 aromatic carbocycles. The van der Waals surface area contributed by atoms with Crippen LogP contribution in [0.25, 0.3) is 11.0 Å². The van der Waals surface area contributed by atoms with Gasteiger partial charge < -0.3 is 9.73 Å². The van der Waals surface area contributed by atoms with E-state index in [1.54, 1.807) is 42.5 Å². The van der Waals surface area contributed by atoms with Gasteiger partial charge in [0.2, 0.25) is 0 Å². The van der Waals surface area contributed by atoms with Crippen molar-refractivity contribution in [1.82, 2.24) is 0 Å². The minimum Gasteiger partial charge on any atom is -0.423 e. The molecule has 1 heterocycles. The third kappa shape index (κ3) is 3.05. The number of nitrogens with one attached hydrogen (secondary N) is 1. The molecule has 1 aromatic heterocycles. The molecule has 0 atom stereocenters. The van der Waals surface area contributed by atoms with Gasteiger partial charge in [-0.3, -0.25) is 4.79 Å². The summed E-state index contributed by atoms with van der Waals surface area (Å²) in [4.78, 5) is 23.4. The van der Waals surface area contributed by atoms with Crippen molar-refractivity contribution in [3.63, 3.8) is 0 Å². The minimum atomic E-state index is -0.412. The van der Waals surface area contributed by atoms with Gasteiger partial charge >= 0.3 is 5.63 Å². The zero-order valence-electron chi connectivity index (χ0n) is 11.1. The Kier molecular flexibility index (Phi) is 4.00. The molecule has 0 spiro atoms. The van der Waals surface area contributed by atoms with Crippen molar-refractivity contribution in [1.29, 1.82) is 0 Å². The highest BCUT2D eigenvalue weighted by atomic mass is 79.9. The second-order valence-corrected chi connectivity index (χ2v) is 5.91. The van der Waals surface area contributed by atoms with Crippen molar-refractivity contribution in [2.24, 2.45) is 0 Å². The predicted molar refractivity (Wildman–Crippen MR) is 89.6 cm³/mol. The van der Waals surface area contributed by atoms with Crippen LogP contribution in [0.5, 0.6) is 0 Å². The molecule has 1 amide bonds. The number of amides is 1. The van der Waals surface area contributed by atoms with E-state index in [0.717, 1.165) is 9.86 Å². The molecule has 0 saturated carbocycles. The van der Waals surface area contributed by atoms with Crippen LogP contribution in [0.1, 0.15) is 10.4 Å². The number of hydrogen-bond acceptors (Lipinski definition) is 3. The lowest BCUT2D eigenvalue weighted by atomic mass is 10.2.